The van der Waals surface area contributed by atoms with Crippen molar-refractivity contribution >= 4 is 10.9 Å². The highest BCUT2D eigenvalue weighted by Gasteiger charge is 2.29. The summed E-state index contributed by atoms with van der Waals surface area (Å²) in [7, 11) is 0. The molecule has 0 radical (unpaired) electrons. The van der Waals surface area contributed by atoms with Crippen LogP contribution in [0.25, 0.3) is 10.9 Å². The van der Waals surface area contributed by atoms with Gasteiger partial charge in [-0.3, -0.25) is 9.69 Å². The summed E-state index contributed by atoms with van der Waals surface area (Å²) in [6.45, 7) is 8.51. The topological polar surface area (TPSA) is 88.9 Å². The molecule has 0 saturated carbocycles. The Kier molecular flexibility index (Phi) is 7.43. The smallest absolute Gasteiger partial charge is 0.252 e. The normalized spacial score (nSPS) is 16.6. The van der Waals surface area contributed by atoms with Crippen molar-refractivity contribution in [3.63, 3.8) is 0 Å². The number of pyridine rings is 1. The van der Waals surface area contributed by atoms with Crippen LogP contribution in [-0.2, 0) is 17.8 Å². The minimum Gasteiger partial charge on any atom is -0.377 e. The molecule has 9 heteroatoms. The number of hydrogen-bond acceptors (Lipinski definition) is 6. The number of hydrogen-bond donors (Lipinski definition) is 1. The Morgan fingerprint density at radius 1 is 1.22 bits per heavy atom. The zero-order valence-electron chi connectivity index (χ0n) is 21.6. The summed E-state index contributed by atoms with van der Waals surface area (Å²) < 4.78 is 21.2. The first-order chi connectivity index (χ1) is 17.9. The Hall–Kier alpha value is -3.43. The lowest BCUT2D eigenvalue weighted by Gasteiger charge is -2.32. The van der Waals surface area contributed by atoms with Crippen LogP contribution in [0.2, 0.25) is 0 Å². The van der Waals surface area contributed by atoms with Gasteiger partial charge in [0.2, 0.25) is 0 Å². The number of rotatable bonds is 9. The minimum absolute atomic E-state index is 0.0874. The average molecular weight is 505 g/mol. The van der Waals surface area contributed by atoms with Crippen molar-refractivity contribution in [3.8, 4) is 0 Å². The van der Waals surface area contributed by atoms with Crippen LogP contribution >= 0.6 is 0 Å². The van der Waals surface area contributed by atoms with Gasteiger partial charge >= 0.3 is 0 Å². The molecular weight excluding hydrogens is 471 g/mol. The predicted molar refractivity (Wildman–Crippen MR) is 140 cm³/mol. The lowest BCUT2D eigenvalue weighted by molar-refractivity contribution is 0.0489. The van der Waals surface area contributed by atoms with E-state index in [9.17, 15) is 9.18 Å². The largest absolute Gasteiger partial charge is 0.377 e. The molecule has 0 aliphatic carbocycles. The number of nitrogens with zero attached hydrogens (tertiary/aromatic N) is 5. The molecule has 3 heterocycles. The maximum atomic E-state index is 13.4. The van der Waals surface area contributed by atoms with Gasteiger partial charge in [-0.05, 0) is 84.5 Å². The fraction of sp³-hybridized carbons (Fsp3) is 0.429. The number of ether oxygens (including phenoxy) is 1. The minimum atomic E-state index is -0.277. The summed E-state index contributed by atoms with van der Waals surface area (Å²) >= 11 is 0. The fourth-order valence-corrected chi connectivity index (χ4v) is 5.33. The van der Waals surface area contributed by atoms with Gasteiger partial charge in [0.1, 0.15) is 5.82 Å². The van der Waals surface area contributed by atoms with Crippen LogP contribution in [0.4, 0.5) is 4.39 Å². The van der Waals surface area contributed by atoms with Gasteiger partial charge in [-0.1, -0.05) is 25.1 Å². The molecule has 5 rings (SSSR count). The second-order valence-corrected chi connectivity index (χ2v) is 9.98. The van der Waals surface area contributed by atoms with E-state index in [1.807, 2.05) is 19.1 Å². The molecule has 194 valence electrons. The molecule has 4 aromatic rings. The highest BCUT2D eigenvalue weighted by atomic mass is 19.1. The number of aryl methyl sites for hydroxylation is 2. The van der Waals surface area contributed by atoms with Crippen LogP contribution in [0, 0.1) is 19.7 Å². The second-order valence-electron chi connectivity index (χ2n) is 9.98. The van der Waals surface area contributed by atoms with Gasteiger partial charge in [-0.15, -0.1) is 5.10 Å². The van der Waals surface area contributed by atoms with E-state index in [0.717, 1.165) is 53.5 Å². The third-order valence-corrected chi connectivity index (χ3v) is 7.16. The lowest BCUT2D eigenvalue weighted by atomic mass is 10.0. The molecule has 2 aromatic heterocycles. The Morgan fingerprint density at radius 3 is 2.76 bits per heavy atom. The molecule has 1 fully saturated rings. The van der Waals surface area contributed by atoms with Crippen LogP contribution in [0.15, 0.2) is 47.3 Å². The van der Waals surface area contributed by atoms with Crippen molar-refractivity contribution in [1.29, 1.82) is 0 Å². The van der Waals surface area contributed by atoms with Gasteiger partial charge in [0.25, 0.3) is 5.56 Å². The van der Waals surface area contributed by atoms with Crippen molar-refractivity contribution in [2.45, 2.75) is 65.3 Å². The van der Waals surface area contributed by atoms with Crippen molar-refractivity contribution in [2.75, 3.05) is 13.2 Å². The summed E-state index contributed by atoms with van der Waals surface area (Å²) in [5.41, 5.74) is 4.63. The van der Waals surface area contributed by atoms with Crippen LogP contribution in [0.1, 0.15) is 60.3 Å². The Balaban J connectivity index is 1.49. The first-order valence-corrected chi connectivity index (χ1v) is 12.9. The van der Waals surface area contributed by atoms with Crippen molar-refractivity contribution < 1.29 is 9.13 Å². The van der Waals surface area contributed by atoms with E-state index < -0.39 is 0 Å². The SMILES string of the molecule is CC[C@H](c1nnnn1Cc1ccc(F)cc1)N(Cc1cc2c(C)cc(C)cc2[nH]c1=O)C[C@H]1CCCO1. The number of tetrazole rings is 1. The molecule has 1 saturated heterocycles. The highest BCUT2D eigenvalue weighted by molar-refractivity contribution is 5.83. The van der Waals surface area contributed by atoms with E-state index in [0.29, 0.717) is 31.0 Å². The molecule has 0 spiro atoms. The van der Waals surface area contributed by atoms with Crippen molar-refractivity contribution in [1.82, 2.24) is 30.1 Å². The molecule has 1 aliphatic heterocycles. The number of H-pyrrole nitrogens is 1. The van der Waals surface area contributed by atoms with Gasteiger partial charge in [-0.2, -0.15) is 0 Å². The number of nitrogens with one attached hydrogen (secondary N) is 1. The summed E-state index contributed by atoms with van der Waals surface area (Å²) in [5, 5.41) is 13.6. The maximum Gasteiger partial charge on any atom is 0.252 e. The van der Waals surface area contributed by atoms with E-state index in [1.54, 1.807) is 16.8 Å². The van der Waals surface area contributed by atoms with Crippen LogP contribution in [-0.4, -0.2) is 49.3 Å². The van der Waals surface area contributed by atoms with Crippen LogP contribution in [0.5, 0.6) is 0 Å². The summed E-state index contributed by atoms with van der Waals surface area (Å²) in [6.07, 6.45) is 2.87. The van der Waals surface area contributed by atoms with Gasteiger partial charge in [-0.25, -0.2) is 9.07 Å². The lowest BCUT2D eigenvalue weighted by Crippen LogP contribution is -2.37. The summed E-state index contributed by atoms with van der Waals surface area (Å²) in [6, 6.07) is 12.4. The van der Waals surface area contributed by atoms with Gasteiger partial charge in [0, 0.05) is 36.2 Å². The molecule has 1 aliphatic rings. The molecule has 2 aromatic carbocycles. The van der Waals surface area contributed by atoms with E-state index in [4.69, 9.17) is 4.74 Å². The number of aromatic nitrogens is 5. The van der Waals surface area contributed by atoms with E-state index in [-0.39, 0.29) is 23.5 Å². The van der Waals surface area contributed by atoms with E-state index in [2.05, 4.69) is 45.3 Å². The average Bonchev–Trinajstić information content (AvgIpc) is 3.54. The van der Waals surface area contributed by atoms with E-state index in [1.165, 1.54) is 12.1 Å². The third-order valence-electron chi connectivity index (χ3n) is 7.16. The van der Waals surface area contributed by atoms with Gasteiger partial charge in [0.05, 0.1) is 18.7 Å². The summed E-state index contributed by atoms with van der Waals surface area (Å²) in [4.78, 5) is 18.5. The first-order valence-electron chi connectivity index (χ1n) is 12.9. The Morgan fingerprint density at radius 2 is 2.03 bits per heavy atom. The molecule has 1 N–H and O–H groups in total. The monoisotopic (exact) mass is 504 g/mol. The quantitative estimate of drug-likeness (QED) is 0.362. The van der Waals surface area contributed by atoms with Gasteiger partial charge in [0.15, 0.2) is 5.82 Å². The fourth-order valence-electron chi connectivity index (χ4n) is 5.33. The number of benzene rings is 2. The van der Waals surface area contributed by atoms with Crippen molar-refractivity contribution in [2.24, 2.45) is 0 Å². The molecule has 0 unspecified atom stereocenters. The third kappa shape index (κ3) is 5.62. The predicted octanol–water partition coefficient (Wildman–Crippen LogP) is 4.45. The molecule has 0 bridgehead atoms. The van der Waals surface area contributed by atoms with Crippen LogP contribution in [0.3, 0.4) is 0 Å². The molecule has 37 heavy (non-hydrogen) atoms. The second kappa shape index (κ2) is 10.9. The van der Waals surface area contributed by atoms with E-state index >= 15 is 0 Å². The van der Waals surface area contributed by atoms with Crippen LogP contribution < -0.4 is 5.56 Å². The molecule has 2 atom stereocenters. The number of fused-ring (bicyclic) bond motifs is 1. The van der Waals surface area contributed by atoms with Crippen molar-refractivity contribution in [3.05, 3.63) is 86.7 Å². The number of aromatic amines is 1. The van der Waals surface area contributed by atoms with Gasteiger partial charge < -0.3 is 9.72 Å². The standard InChI is InChI=1S/C28H33FN6O2/c1-4-26(27-31-32-33-35(27)15-20-7-9-22(29)10-8-20)34(17-23-6-5-11-37-23)16-21-14-24-19(3)12-18(2)13-25(24)30-28(21)36/h7-10,12-14,23,26H,4-6,11,15-17H2,1-3H3,(H,30,36)/t23-,26-/m1/s1. The zero-order chi connectivity index (χ0) is 25.9. The molecular formula is C28H33FN6O2. The Labute approximate surface area is 215 Å². The highest BCUT2D eigenvalue weighted by Crippen LogP contribution is 2.28. The molecule has 0 amide bonds. The first kappa shape index (κ1) is 25.2. The Bertz CT molecular complexity index is 1430. The summed E-state index contributed by atoms with van der Waals surface area (Å²) in [5.74, 6) is 0.440. The number of halogens is 1. The molecule has 8 nitrogen and oxygen atoms in total. The maximum absolute atomic E-state index is 13.4. The zero-order valence-corrected chi connectivity index (χ0v) is 21.6.